The molecule has 1 amide bonds. The third-order valence-electron chi connectivity index (χ3n) is 3.59. The Morgan fingerprint density at radius 2 is 2.22 bits per heavy atom. The quantitative estimate of drug-likeness (QED) is 0.768. The molecule has 1 aliphatic rings. The zero-order valence-electron chi connectivity index (χ0n) is 13.3. The van der Waals surface area contributed by atoms with Gasteiger partial charge in [-0.3, -0.25) is 4.79 Å². The lowest BCUT2D eigenvalue weighted by Gasteiger charge is -2.13. The predicted octanol–water partition coefficient (Wildman–Crippen LogP) is 0.902. The van der Waals surface area contributed by atoms with Gasteiger partial charge in [0.25, 0.3) is 5.91 Å². The lowest BCUT2D eigenvalue weighted by molar-refractivity contribution is 0.0952. The predicted molar refractivity (Wildman–Crippen MR) is 85.2 cm³/mol. The molecule has 128 valence electrons. The molecule has 0 unspecified atom stereocenters. The van der Waals surface area contributed by atoms with Crippen LogP contribution in [0.15, 0.2) is 23.1 Å². The monoisotopic (exact) mass is 342 g/mol. The van der Waals surface area contributed by atoms with Crippen molar-refractivity contribution >= 4 is 15.9 Å². The van der Waals surface area contributed by atoms with E-state index in [1.165, 1.54) is 25.3 Å². The summed E-state index contributed by atoms with van der Waals surface area (Å²) >= 11 is 0. The second-order valence-electron chi connectivity index (χ2n) is 5.21. The molecule has 1 aromatic carbocycles. The molecule has 7 nitrogen and oxygen atoms in total. The van der Waals surface area contributed by atoms with Gasteiger partial charge in [-0.05, 0) is 38.0 Å². The van der Waals surface area contributed by atoms with Gasteiger partial charge >= 0.3 is 0 Å². The summed E-state index contributed by atoms with van der Waals surface area (Å²) in [4.78, 5) is 12.1. The average molecular weight is 342 g/mol. The SMILES string of the molecule is CCNC(=O)c1cc(S(=O)(=O)NC[C@H]2CCCO2)ccc1OC. The summed E-state index contributed by atoms with van der Waals surface area (Å²) in [6, 6.07) is 4.21. The first-order valence-corrected chi connectivity index (χ1v) is 9.03. The van der Waals surface area contributed by atoms with Crippen molar-refractivity contribution in [3.05, 3.63) is 23.8 Å². The maximum absolute atomic E-state index is 12.4. The molecule has 8 heteroatoms. The molecule has 0 aromatic heterocycles. The first-order valence-electron chi connectivity index (χ1n) is 7.55. The van der Waals surface area contributed by atoms with Crippen LogP contribution in [-0.2, 0) is 14.8 Å². The first-order chi connectivity index (χ1) is 11.0. The van der Waals surface area contributed by atoms with Gasteiger partial charge in [-0.15, -0.1) is 0 Å². The van der Waals surface area contributed by atoms with Gasteiger partial charge in [0.05, 0.1) is 23.7 Å². The Balaban J connectivity index is 2.20. The number of benzene rings is 1. The smallest absolute Gasteiger partial charge is 0.255 e. The summed E-state index contributed by atoms with van der Waals surface area (Å²) in [7, 11) is -2.28. The van der Waals surface area contributed by atoms with Gasteiger partial charge in [0.2, 0.25) is 10.0 Å². The minimum atomic E-state index is -3.71. The van der Waals surface area contributed by atoms with Crippen LogP contribution in [0, 0.1) is 0 Å². The van der Waals surface area contributed by atoms with Gasteiger partial charge in [-0.25, -0.2) is 13.1 Å². The van der Waals surface area contributed by atoms with Gasteiger partial charge in [0, 0.05) is 19.7 Å². The molecular formula is C15H22N2O5S. The van der Waals surface area contributed by atoms with Gasteiger partial charge in [-0.2, -0.15) is 0 Å². The Kier molecular flexibility index (Phi) is 5.97. The molecule has 1 fully saturated rings. The summed E-state index contributed by atoms with van der Waals surface area (Å²) < 4.78 is 37.8. The van der Waals surface area contributed by atoms with Crippen LogP contribution >= 0.6 is 0 Å². The third-order valence-corrected chi connectivity index (χ3v) is 5.01. The van der Waals surface area contributed by atoms with Crippen molar-refractivity contribution in [3.63, 3.8) is 0 Å². The summed E-state index contributed by atoms with van der Waals surface area (Å²) in [5.74, 6) is -0.0467. The van der Waals surface area contributed by atoms with E-state index in [-0.39, 0.29) is 29.0 Å². The van der Waals surface area contributed by atoms with Crippen LogP contribution in [0.5, 0.6) is 5.75 Å². The van der Waals surface area contributed by atoms with Crippen LogP contribution in [0.3, 0.4) is 0 Å². The zero-order valence-corrected chi connectivity index (χ0v) is 14.1. The molecule has 1 saturated heterocycles. The van der Waals surface area contributed by atoms with E-state index < -0.39 is 10.0 Å². The number of rotatable bonds is 7. The lowest BCUT2D eigenvalue weighted by atomic mass is 10.2. The van der Waals surface area contributed by atoms with Crippen molar-refractivity contribution in [1.29, 1.82) is 0 Å². The first kappa shape index (κ1) is 17.7. The summed E-state index contributed by atoms with van der Waals surface area (Å²) in [6.07, 6.45) is 1.69. The Labute approximate surface area is 136 Å². The van der Waals surface area contributed by atoms with Crippen molar-refractivity contribution in [2.24, 2.45) is 0 Å². The van der Waals surface area contributed by atoms with Gasteiger partial charge < -0.3 is 14.8 Å². The highest BCUT2D eigenvalue weighted by Gasteiger charge is 2.22. The number of hydrogen-bond acceptors (Lipinski definition) is 5. The van der Waals surface area contributed by atoms with E-state index in [9.17, 15) is 13.2 Å². The second-order valence-corrected chi connectivity index (χ2v) is 6.98. The van der Waals surface area contributed by atoms with Crippen LogP contribution in [0.25, 0.3) is 0 Å². The third kappa shape index (κ3) is 4.43. The highest BCUT2D eigenvalue weighted by Crippen LogP contribution is 2.22. The molecule has 2 rings (SSSR count). The Hall–Kier alpha value is -1.64. The summed E-state index contributed by atoms with van der Waals surface area (Å²) in [5.41, 5.74) is 0.189. The summed E-state index contributed by atoms with van der Waals surface area (Å²) in [5, 5.41) is 2.64. The average Bonchev–Trinajstić information content (AvgIpc) is 3.06. The Morgan fingerprint density at radius 3 is 2.83 bits per heavy atom. The van der Waals surface area contributed by atoms with Crippen molar-refractivity contribution in [2.45, 2.75) is 30.8 Å². The number of methoxy groups -OCH3 is 1. The van der Waals surface area contributed by atoms with E-state index in [1.54, 1.807) is 6.92 Å². The Bertz CT molecular complexity index is 654. The molecule has 0 saturated carbocycles. The molecule has 0 spiro atoms. The number of carbonyl (C=O) groups excluding carboxylic acids is 1. The van der Waals surface area contributed by atoms with Crippen molar-refractivity contribution in [1.82, 2.24) is 10.0 Å². The fourth-order valence-electron chi connectivity index (χ4n) is 2.38. The van der Waals surface area contributed by atoms with Crippen LogP contribution < -0.4 is 14.8 Å². The van der Waals surface area contributed by atoms with Gasteiger partial charge in [0.1, 0.15) is 5.75 Å². The maximum Gasteiger partial charge on any atom is 0.255 e. The largest absolute Gasteiger partial charge is 0.496 e. The van der Waals surface area contributed by atoms with Crippen LogP contribution in [0.4, 0.5) is 0 Å². The standard InChI is InChI=1S/C15H22N2O5S/c1-3-16-15(18)13-9-12(6-7-14(13)21-2)23(19,20)17-10-11-5-4-8-22-11/h6-7,9,11,17H,3-5,8,10H2,1-2H3,(H,16,18)/t11-/m1/s1. The zero-order chi connectivity index (χ0) is 16.9. The van der Waals surface area contributed by atoms with Crippen LogP contribution in [0.2, 0.25) is 0 Å². The van der Waals surface area contributed by atoms with E-state index >= 15 is 0 Å². The molecule has 1 aliphatic heterocycles. The molecular weight excluding hydrogens is 320 g/mol. The number of nitrogens with one attached hydrogen (secondary N) is 2. The van der Waals surface area contributed by atoms with E-state index in [1.807, 2.05) is 0 Å². The maximum atomic E-state index is 12.4. The van der Waals surface area contributed by atoms with Gasteiger partial charge in [0.15, 0.2) is 0 Å². The van der Waals surface area contributed by atoms with E-state index in [0.29, 0.717) is 18.9 Å². The highest BCUT2D eigenvalue weighted by atomic mass is 32.2. The number of amides is 1. The molecule has 0 bridgehead atoms. The number of carbonyl (C=O) groups is 1. The minimum Gasteiger partial charge on any atom is -0.496 e. The van der Waals surface area contributed by atoms with Crippen molar-refractivity contribution in [3.8, 4) is 5.75 Å². The van der Waals surface area contributed by atoms with Crippen LogP contribution in [0.1, 0.15) is 30.1 Å². The fourth-order valence-corrected chi connectivity index (χ4v) is 3.47. The van der Waals surface area contributed by atoms with Crippen LogP contribution in [-0.4, -0.2) is 47.2 Å². The molecule has 23 heavy (non-hydrogen) atoms. The number of ether oxygens (including phenoxy) is 2. The molecule has 0 radical (unpaired) electrons. The molecule has 1 aromatic rings. The minimum absolute atomic E-state index is 0.0255. The topological polar surface area (TPSA) is 93.7 Å². The van der Waals surface area contributed by atoms with Crippen molar-refractivity contribution in [2.75, 3.05) is 26.8 Å². The second kappa shape index (κ2) is 7.76. The lowest BCUT2D eigenvalue weighted by Crippen LogP contribution is -2.32. The number of hydrogen-bond donors (Lipinski definition) is 2. The summed E-state index contributed by atoms with van der Waals surface area (Å²) in [6.45, 7) is 3.12. The van der Waals surface area contributed by atoms with E-state index in [0.717, 1.165) is 12.8 Å². The molecule has 1 heterocycles. The van der Waals surface area contributed by atoms with Gasteiger partial charge in [-0.1, -0.05) is 0 Å². The van der Waals surface area contributed by atoms with E-state index in [4.69, 9.17) is 9.47 Å². The van der Waals surface area contributed by atoms with E-state index in [2.05, 4.69) is 10.0 Å². The molecule has 0 aliphatic carbocycles. The normalized spacial score (nSPS) is 17.9. The van der Waals surface area contributed by atoms with Crippen molar-refractivity contribution < 1.29 is 22.7 Å². The molecule has 1 atom stereocenters. The fraction of sp³-hybridized carbons (Fsp3) is 0.533. The Morgan fingerprint density at radius 1 is 1.43 bits per heavy atom. The molecule has 2 N–H and O–H groups in total. The highest BCUT2D eigenvalue weighted by molar-refractivity contribution is 7.89. The number of sulfonamides is 1.